The van der Waals surface area contributed by atoms with Crippen LogP contribution in [-0.2, 0) is 16.3 Å². The van der Waals surface area contributed by atoms with Crippen LogP contribution < -0.4 is 20.5 Å². The van der Waals surface area contributed by atoms with Crippen LogP contribution in [0.3, 0.4) is 0 Å². The first kappa shape index (κ1) is 25.4. The van der Waals surface area contributed by atoms with E-state index in [0.29, 0.717) is 62.0 Å². The second-order valence-electron chi connectivity index (χ2n) is 8.01. The van der Waals surface area contributed by atoms with E-state index in [4.69, 9.17) is 19.9 Å². The first-order chi connectivity index (χ1) is 15.4. The molecule has 2 aromatic rings. The van der Waals surface area contributed by atoms with Crippen LogP contribution in [-0.4, -0.2) is 38.9 Å². The van der Waals surface area contributed by atoms with E-state index in [2.05, 4.69) is 10.3 Å². The molecule has 3 N–H and O–H groups in total. The number of hydrogen-bond acceptors (Lipinski definition) is 4. The van der Waals surface area contributed by atoms with Gasteiger partial charge in [-0.3, -0.25) is 4.99 Å². The van der Waals surface area contributed by atoms with Gasteiger partial charge < -0.3 is 25.3 Å². The van der Waals surface area contributed by atoms with Gasteiger partial charge in [0.25, 0.3) is 0 Å². The van der Waals surface area contributed by atoms with Gasteiger partial charge >= 0.3 is 6.18 Å². The number of hydrogen-bond donors (Lipinski definition) is 2. The minimum atomic E-state index is -4.40. The summed E-state index contributed by atoms with van der Waals surface area (Å²) >= 11 is 0. The van der Waals surface area contributed by atoms with Crippen LogP contribution in [0.5, 0.6) is 11.5 Å². The molecular formula is C23H27F3IN3O3. The Hall–Kier alpha value is -2.21. The Kier molecular flexibility index (Phi) is 8.33. The van der Waals surface area contributed by atoms with Gasteiger partial charge in [-0.1, -0.05) is 18.2 Å². The standard InChI is InChI=1S/C23H26F3N3O3.HI/c24-23(25,26)17-4-1-3-16(13-17)22(7-11-30-12-8-22)15-28-21(27)29-18-5-6-19-20(14-18)32-10-2-9-31-19;/h1,3-6,13-14H,2,7-12,15H2,(H3,27,28,29);1H. The molecule has 1 saturated heterocycles. The predicted molar refractivity (Wildman–Crippen MR) is 131 cm³/mol. The second-order valence-corrected chi connectivity index (χ2v) is 8.01. The Bertz CT molecular complexity index is 979. The summed E-state index contributed by atoms with van der Waals surface area (Å²) in [5, 5.41) is 3.04. The first-order valence-corrected chi connectivity index (χ1v) is 10.6. The lowest BCUT2D eigenvalue weighted by Crippen LogP contribution is -2.38. The van der Waals surface area contributed by atoms with Crippen molar-refractivity contribution in [3.8, 4) is 11.5 Å². The van der Waals surface area contributed by atoms with Gasteiger partial charge in [-0.15, -0.1) is 24.0 Å². The Morgan fingerprint density at radius 3 is 2.45 bits per heavy atom. The minimum Gasteiger partial charge on any atom is -0.490 e. The average molecular weight is 577 g/mol. The van der Waals surface area contributed by atoms with Gasteiger partial charge in [0.05, 0.1) is 25.3 Å². The molecule has 0 amide bonds. The molecule has 0 aliphatic carbocycles. The first-order valence-electron chi connectivity index (χ1n) is 10.6. The fraction of sp³-hybridized carbons (Fsp3) is 0.435. The SMILES string of the molecule is I.NC(=NCC1(c2cccc(C(F)(F)F)c2)CCOCC1)Nc1ccc2c(c1)OCCCO2. The highest BCUT2D eigenvalue weighted by molar-refractivity contribution is 14.0. The van der Waals surface area contributed by atoms with E-state index in [0.717, 1.165) is 12.5 Å². The zero-order valence-corrected chi connectivity index (χ0v) is 20.3. The van der Waals surface area contributed by atoms with E-state index in [-0.39, 0.29) is 36.5 Å². The van der Waals surface area contributed by atoms with Gasteiger partial charge in [0.2, 0.25) is 0 Å². The Morgan fingerprint density at radius 1 is 1.00 bits per heavy atom. The monoisotopic (exact) mass is 577 g/mol. The maximum Gasteiger partial charge on any atom is 0.416 e. The van der Waals surface area contributed by atoms with Crippen molar-refractivity contribution < 1.29 is 27.4 Å². The topological polar surface area (TPSA) is 78.1 Å². The molecule has 6 nitrogen and oxygen atoms in total. The molecule has 0 unspecified atom stereocenters. The number of anilines is 1. The van der Waals surface area contributed by atoms with Crippen LogP contribution in [0, 0.1) is 0 Å². The van der Waals surface area contributed by atoms with Crippen LogP contribution in [0.25, 0.3) is 0 Å². The summed E-state index contributed by atoms with van der Waals surface area (Å²) in [6.07, 6.45) is -2.46. The van der Waals surface area contributed by atoms with Crippen molar-refractivity contribution in [3.05, 3.63) is 53.6 Å². The molecule has 0 saturated carbocycles. The number of nitrogens with zero attached hydrogens (tertiary/aromatic N) is 1. The molecule has 2 aromatic carbocycles. The lowest BCUT2D eigenvalue weighted by atomic mass is 9.74. The number of nitrogens with one attached hydrogen (secondary N) is 1. The van der Waals surface area contributed by atoms with E-state index in [9.17, 15) is 13.2 Å². The van der Waals surface area contributed by atoms with Crippen LogP contribution in [0.2, 0.25) is 0 Å². The summed E-state index contributed by atoms with van der Waals surface area (Å²) in [6, 6.07) is 10.9. The molecule has 2 aliphatic rings. The zero-order valence-electron chi connectivity index (χ0n) is 18.0. The van der Waals surface area contributed by atoms with Gasteiger partial charge in [-0.25, -0.2) is 0 Å². The molecule has 2 aliphatic heterocycles. The summed E-state index contributed by atoms with van der Waals surface area (Å²) in [5.74, 6) is 1.48. The average Bonchev–Trinajstić information content (AvgIpc) is 3.03. The maximum absolute atomic E-state index is 13.3. The van der Waals surface area contributed by atoms with Crippen molar-refractivity contribution in [2.24, 2.45) is 10.7 Å². The number of rotatable bonds is 4. The highest BCUT2D eigenvalue weighted by atomic mass is 127. The van der Waals surface area contributed by atoms with E-state index in [1.807, 2.05) is 6.07 Å². The fourth-order valence-electron chi connectivity index (χ4n) is 3.99. The maximum atomic E-state index is 13.3. The van der Waals surface area contributed by atoms with E-state index < -0.39 is 17.2 Å². The number of guanidine groups is 1. The third-order valence-corrected chi connectivity index (χ3v) is 5.82. The summed E-state index contributed by atoms with van der Waals surface area (Å²) in [7, 11) is 0. The predicted octanol–water partition coefficient (Wildman–Crippen LogP) is 4.96. The summed E-state index contributed by atoms with van der Waals surface area (Å²) < 4.78 is 56.6. The number of aliphatic imine (C=N–C) groups is 1. The molecule has 0 bridgehead atoms. The second kappa shape index (κ2) is 10.8. The third kappa shape index (κ3) is 6.23. The number of halogens is 4. The molecule has 0 aromatic heterocycles. The number of benzene rings is 2. The smallest absolute Gasteiger partial charge is 0.416 e. The highest BCUT2D eigenvalue weighted by Gasteiger charge is 2.37. The van der Waals surface area contributed by atoms with Crippen LogP contribution >= 0.6 is 24.0 Å². The van der Waals surface area contributed by atoms with Crippen molar-refractivity contribution >= 4 is 35.6 Å². The fourth-order valence-corrected chi connectivity index (χ4v) is 3.99. The molecule has 4 rings (SSSR count). The summed E-state index contributed by atoms with van der Waals surface area (Å²) in [6.45, 7) is 2.34. The Balaban J connectivity index is 0.00000306. The Labute approximate surface area is 207 Å². The van der Waals surface area contributed by atoms with Crippen molar-refractivity contribution in [3.63, 3.8) is 0 Å². The normalized spacial score (nSPS) is 18.1. The third-order valence-electron chi connectivity index (χ3n) is 5.82. The number of alkyl halides is 3. The number of nitrogens with two attached hydrogens (primary N) is 1. The van der Waals surface area contributed by atoms with E-state index in [1.165, 1.54) is 12.1 Å². The van der Waals surface area contributed by atoms with Gasteiger partial charge in [0.15, 0.2) is 17.5 Å². The lowest BCUT2D eigenvalue weighted by molar-refractivity contribution is -0.137. The van der Waals surface area contributed by atoms with Gasteiger partial charge in [-0.2, -0.15) is 13.2 Å². The summed E-state index contributed by atoms with van der Waals surface area (Å²) in [4.78, 5) is 4.49. The molecule has 10 heteroatoms. The molecule has 0 spiro atoms. The van der Waals surface area contributed by atoms with E-state index in [1.54, 1.807) is 18.2 Å². The number of ether oxygens (including phenoxy) is 3. The molecule has 1 fully saturated rings. The molecule has 0 atom stereocenters. The lowest BCUT2D eigenvalue weighted by Gasteiger charge is -2.37. The molecule has 2 heterocycles. The van der Waals surface area contributed by atoms with Crippen molar-refractivity contribution in [1.29, 1.82) is 0 Å². The molecule has 180 valence electrons. The van der Waals surface area contributed by atoms with Gasteiger partial charge in [-0.05, 0) is 36.6 Å². The Morgan fingerprint density at radius 2 is 1.73 bits per heavy atom. The van der Waals surface area contributed by atoms with Crippen LogP contribution in [0.15, 0.2) is 47.5 Å². The van der Waals surface area contributed by atoms with E-state index >= 15 is 0 Å². The highest BCUT2D eigenvalue weighted by Crippen LogP contribution is 2.38. The molecule has 33 heavy (non-hydrogen) atoms. The molecule has 0 radical (unpaired) electrons. The van der Waals surface area contributed by atoms with Gasteiger partial charge in [0.1, 0.15) is 0 Å². The number of fused-ring (bicyclic) bond motifs is 1. The quantitative estimate of drug-likeness (QED) is 0.305. The van der Waals surface area contributed by atoms with Crippen molar-refractivity contribution in [2.75, 3.05) is 38.3 Å². The van der Waals surface area contributed by atoms with Gasteiger partial charge in [0, 0.05) is 36.8 Å². The van der Waals surface area contributed by atoms with Crippen LogP contribution in [0.1, 0.15) is 30.4 Å². The van der Waals surface area contributed by atoms with Crippen LogP contribution in [0.4, 0.5) is 18.9 Å². The zero-order chi connectivity index (χ0) is 22.6. The minimum absolute atomic E-state index is 0. The van der Waals surface area contributed by atoms with Crippen molar-refractivity contribution in [2.45, 2.75) is 30.9 Å². The van der Waals surface area contributed by atoms with Crippen molar-refractivity contribution in [1.82, 2.24) is 0 Å². The summed E-state index contributed by atoms with van der Waals surface area (Å²) in [5.41, 5.74) is 6.18. The largest absolute Gasteiger partial charge is 0.490 e. The molecular weight excluding hydrogens is 550 g/mol.